The van der Waals surface area contributed by atoms with Crippen molar-refractivity contribution in [2.24, 2.45) is 0 Å². The summed E-state index contributed by atoms with van der Waals surface area (Å²) in [4.78, 5) is 28.1. The Morgan fingerprint density at radius 3 is 2.83 bits per heavy atom. The third-order valence-electron chi connectivity index (χ3n) is 4.33. The van der Waals surface area contributed by atoms with Gasteiger partial charge in [0.05, 0.1) is 5.69 Å². The van der Waals surface area contributed by atoms with Gasteiger partial charge in [-0.3, -0.25) is 9.59 Å². The van der Waals surface area contributed by atoms with Gasteiger partial charge in [-0.2, -0.15) is 4.98 Å². The summed E-state index contributed by atoms with van der Waals surface area (Å²) in [5.41, 5.74) is 1.66. The molecule has 1 aromatic heterocycles. The highest BCUT2D eigenvalue weighted by Crippen LogP contribution is 2.32. The zero-order valence-electron chi connectivity index (χ0n) is 15.4. The number of aromatic nitrogens is 2. The number of amides is 2. The maximum Gasteiger partial charge on any atom is 0.265 e. The van der Waals surface area contributed by atoms with Crippen LogP contribution in [-0.4, -0.2) is 28.1 Å². The Morgan fingerprint density at radius 1 is 1.24 bits per heavy atom. The predicted molar refractivity (Wildman–Crippen MR) is 102 cm³/mol. The average Bonchev–Trinajstić information content (AvgIpc) is 3.17. The molecular weight excluding hydrogens is 379 g/mol. The molecule has 2 heterocycles. The van der Waals surface area contributed by atoms with E-state index in [0.717, 1.165) is 0 Å². The number of carbonyl (C=O) groups is 2. The fraction of sp³-hybridized carbons (Fsp3) is 0.200. The first-order valence-corrected chi connectivity index (χ1v) is 8.98. The van der Waals surface area contributed by atoms with Gasteiger partial charge in [-0.25, -0.2) is 4.39 Å². The van der Waals surface area contributed by atoms with Crippen LogP contribution in [0.4, 0.5) is 15.8 Å². The topological polar surface area (TPSA) is 106 Å². The normalized spacial score (nSPS) is 15.2. The second-order valence-electron chi connectivity index (χ2n) is 6.53. The summed E-state index contributed by atoms with van der Waals surface area (Å²) in [6, 6.07) is 10.7. The van der Waals surface area contributed by atoms with Crippen LogP contribution in [0.2, 0.25) is 0 Å². The number of rotatable bonds is 5. The molecule has 2 N–H and O–H groups in total. The Kier molecular flexibility index (Phi) is 4.94. The number of anilines is 2. The number of hydrogen-bond donors (Lipinski definition) is 2. The number of nitrogens with one attached hydrogen (secondary N) is 2. The van der Waals surface area contributed by atoms with Crippen molar-refractivity contribution in [3.8, 4) is 17.1 Å². The van der Waals surface area contributed by atoms with Gasteiger partial charge >= 0.3 is 0 Å². The highest BCUT2D eigenvalue weighted by molar-refractivity contribution is 5.99. The summed E-state index contributed by atoms with van der Waals surface area (Å²) < 4.78 is 23.6. The van der Waals surface area contributed by atoms with Crippen LogP contribution < -0.4 is 15.4 Å². The molecule has 2 amide bonds. The van der Waals surface area contributed by atoms with Crippen molar-refractivity contribution < 1.29 is 23.2 Å². The third kappa shape index (κ3) is 4.23. The lowest BCUT2D eigenvalue weighted by atomic mass is 10.2. The van der Waals surface area contributed by atoms with Gasteiger partial charge in [0.2, 0.25) is 17.6 Å². The van der Waals surface area contributed by atoms with E-state index in [4.69, 9.17) is 9.26 Å². The Morgan fingerprint density at radius 2 is 2.03 bits per heavy atom. The van der Waals surface area contributed by atoms with Gasteiger partial charge in [-0.15, -0.1) is 0 Å². The van der Waals surface area contributed by atoms with E-state index >= 15 is 0 Å². The lowest BCUT2D eigenvalue weighted by molar-refractivity contribution is -0.122. The average molecular weight is 396 g/mol. The fourth-order valence-electron chi connectivity index (χ4n) is 2.80. The Labute approximate surface area is 165 Å². The van der Waals surface area contributed by atoms with E-state index in [1.54, 1.807) is 37.3 Å². The summed E-state index contributed by atoms with van der Waals surface area (Å²) in [5, 5.41) is 9.33. The second kappa shape index (κ2) is 7.70. The molecule has 0 bridgehead atoms. The molecule has 2 aromatic carbocycles. The third-order valence-corrected chi connectivity index (χ3v) is 4.33. The van der Waals surface area contributed by atoms with E-state index in [1.165, 1.54) is 12.1 Å². The van der Waals surface area contributed by atoms with Gasteiger partial charge in [0.25, 0.3) is 5.91 Å². The molecule has 0 aliphatic carbocycles. The predicted octanol–water partition coefficient (Wildman–Crippen LogP) is 3.17. The SMILES string of the molecule is C[C@@H]1Oc2ccc(NC(=O)CCc3nc(-c4ccc(F)cc4)no3)cc2NC1=O. The number of nitrogens with zero attached hydrogens (tertiary/aromatic N) is 2. The summed E-state index contributed by atoms with van der Waals surface area (Å²) in [6.07, 6.45) is -0.179. The van der Waals surface area contributed by atoms with E-state index in [1.807, 2.05) is 0 Å². The summed E-state index contributed by atoms with van der Waals surface area (Å²) in [6.45, 7) is 1.66. The molecule has 0 unspecified atom stereocenters. The molecule has 148 valence electrons. The van der Waals surface area contributed by atoms with Gasteiger partial charge in [0.1, 0.15) is 11.6 Å². The van der Waals surface area contributed by atoms with Gasteiger partial charge in [-0.05, 0) is 49.4 Å². The van der Waals surface area contributed by atoms with Crippen molar-refractivity contribution in [1.82, 2.24) is 10.1 Å². The minimum Gasteiger partial charge on any atom is -0.479 e. The summed E-state index contributed by atoms with van der Waals surface area (Å²) >= 11 is 0. The first kappa shape index (κ1) is 18.6. The number of hydrogen-bond acceptors (Lipinski definition) is 6. The number of carbonyl (C=O) groups excluding carboxylic acids is 2. The molecule has 0 fully saturated rings. The molecule has 29 heavy (non-hydrogen) atoms. The zero-order valence-corrected chi connectivity index (χ0v) is 15.4. The molecule has 0 radical (unpaired) electrons. The van der Waals surface area contributed by atoms with Crippen LogP contribution in [0.1, 0.15) is 19.2 Å². The molecule has 9 heteroatoms. The van der Waals surface area contributed by atoms with Crippen LogP contribution in [0.3, 0.4) is 0 Å². The Bertz CT molecular complexity index is 1060. The number of benzene rings is 2. The van der Waals surface area contributed by atoms with Crippen molar-refractivity contribution in [2.45, 2.75) is 25.9 Å². The fourth-order valence-corrected chi connectivity index (χ4v) is 2.80. The van der Waals surface area contributed by atoms with E-state index in [9.17, 15) is 14.0 Å². The lowest BCUT2D eigenvalue weighted by Crippen LogP contribution is -2.34. The van der Waals surface area contributed by atoms with E-state index in [2.05, 4.69) is 20.8 Å². The van der Waals surface area contributed by atoms with Crippen molar-refractivity contribution in [2.75, 3.05) is 10.6 Å². The molecule has 0 spiro atoms. The van der Waals surface area contributed by atoms with Crippen molar-refractivity contribution >= 4 is 23.2 Å². The maximum absolute atomic E-state index is 13.0. The number of fused-ring (bicyclic) bond motifs is 1. The van der Waals surface area contributed by atoms with Crippen molar-refractivity contribution in [3.05, 3.63) is 54.2 Å². The van der Waals surface area contributed by atoms with Crippen molar-refractivity contribution in [1.29, 1.82) is 0 Å². The first-order chi connectivity index (χ1) is 14.0. The van der Waals surface area contributed by atoms with E-state index in [-0.39, 0.29) is 30.5 Å². The van der Waals surface area contributed by atoms with Crippen LogP contribution in [0.15, 0.2) is 47.0 Å². The van der Waals surface area contributed by atoms with Gasteiger partial charge in [0, 0.05) is 24.1 Å². The summed E-state index contributed by atoms with van der Waals surface area (Å²) in [7, 11) is 0. The van der Waals surface area contributed by atoms with E-state index in [0.29, 0.717) is 34.4 Å². The maximum atomic E-state index is 13.0. The number of halogens is 1. The first-order valence-electron chi connectivity index (χ1n) is 8.98. The highest BCUT2D eigenvalue weighted by atomic mass is 19.1. The highest BCUT2D eigenvalue weighted by Gasteiger charge is 2.23. The number of aryl methyl sites for hydroxylation is 1. The van der Waals surface area contributed by atoms with Crippen LogP contribution in [0.5, 0.6) is 5.75 Å². The molecule has 3 aromatic rings. The van der Waals surface area contributed by atoms with Crippen LogP contribution in [-0.2, 0) is 16.0 Å². The van der Waals surface area contributed by atoms with Gasteiger partial charge in [-0.1, -0.05) is 5.16 Å². The largest absolute Gasteiger partial charge is 0.479 e. The molecular formula is C20H17FN4O4. The molecule has 1 aliphatic rings. The minimum atomic E-state index is -0.558. The van der Waals surface area contributed by atoms with Gasteiger partial charge < -0.3 is 19.9 Å². The lowest BCUT2D eigenvalue weighted by Gasteiger charge is -2.23. The molecule has 8 nitrogen and oxygen atoms in total. The zero-order chi connectivity index (χ0) is 20.4. The molecule has 1 aliphatic heterocycles. The minimum absolute atomic E-state index is 0.127. The summed E-state index contributed by atoms with van der Waals surface area (Å²) in [5.74, 6) is 0.350. The molecule has 0 saturated carbocycles. The smallest absolute Gasteiger partial charge is 0.265 e. The Balaban J connectivity index is 1.34. The molecule has 1 atom stereocenters. The van der Waals surface area contributed by atoms with Crippen molar-refractivity contribution in [3.63, 3.8) is 0 Å². The van der Waals surface area contributed by atoms with Crippen LogP contribution in [0, 0.1) is 5.82 Å². The molecule has 0 saturated heterocycles. The molecule has 4 rings (SSSR count). The quantitative estimate of drug-likeness (QED) is 0.686. The monoisotopic (exact) mass is 396 g/mol. The second-order valence-corrected chi connectivity index (χ2v) is 6.53. The standard InChI is InChI=1S/C20H17FN4O4/c1-11-20(27)23-15-10-14(6-7-16(15)28-11)22-17(26)8-9-18-24-19(25-29-18)12-2-4-13(21)5-3-12/h2-7,10-11H,8-9H2,1H3,(H,22,26)(H,23,27)/t11-/m0/s1. The van der Waals surface area contributed by atoms with Crippen LogP contribution in [0.25, 0.3) is 11.4 Å². The van der Waals surface area contributed by atoms with E-state index < -0.39 is 6.10 Å². The Hall–Kier alpha value is -3.75. The van der Waals surface area contributed by atoms with Gasteiger partial charge in [0.15, 0.2) is 6.10 Å². The number of ether oxygens (including phenoxy) is 1. The van der Waals surface area contributed by atoms with Crippen LogP contribution >= 0.6 is 0 Å².